The molecule has 0 saturated carbocycles. The summed E-state index contributed by atoms with van der Waals surface area (Å²) in [6, 6.07) is 6.73. The highest BCUT2D eigenvalue weighted by Gasteiger charge is 2.31. The average molecular weight is 403 g/mol. The van der Waals surface area contributed by atoms with E-state index in [0.717, 1.165) is 18.2 Å². The molecule has 0 atom stereocenters. The number of carboxylic acids is 1. The Labute approximate surface area is 142 Å². The van der Waals surface area contributed by atoms with Crippen molar-refractivity contribution < 1.29 is 27.9 Å². The second-order valence-electron chi connectivity index (χ2n) is 4.69. The molecule has 9 heteroatoms. The van der Waals surface area contributed by atoms with Gasteiger partial charge in [-0.25, -0.2) is 9.59 Å². The van der Waals surface area contributed by atoms with E-state index >= 15 is 0 Å². The standard InChI is InChI=1S/C15H10BrF3N2O3/c16-9-4-5-12(11(7-9)13(22)23)21(14(20)24)10-3-1-2-8(6-10)15(17,18)19/h1-7H,(H2,20,24)(H,22,23). The summed E-state index contributed by atoms with van der Waals surface area (Å²) >= 11 is 3.10. The smallest absolute Gasteiger partial charge is 0.416 e. The Morgan fingerprint density at radius 3 is 2.33 bits per heavy atom. The average Bonchev–Trinajstić information content (AvgIpc) is 2.48. The molecular weight excluding hydrogens is 393 g/mol. The molecule has 3 N–H and O–H groups in total. The summed E-state index contributed by atoms with van der Waals surface area (Å²) in [5.41, 5.74) is 3.66. The summed E-state index contributed by atoms with van der Waals surface area (Å²) < 4.78 is 39.0. The third-order valence-electron chi connectivity index (χ3n) is 3.08. The van der Waals surface area contributed by atoms with Gasteiger partial charge in [-0.1, -0.05) is 22.0 Å². The Hall–Kier alpha value is -2.55. The van der Waals surface area contributed by atoms with Crippen LogP contribution in [0.15, 0.2) is 46.9 Å². The number of rotatable bonds is 3. The highest BCUT2D eigenvalue weighted by atomic mass is 79.9. The molecular formula is C15H10BrF3N2O3. The van der Waals surface area contributed by atoms with E-state index in [1.807, 2.05) is 0 Å². The minimum atomic E-state index is -4.62. The lowest BCUT2D eigenvalue weighted by molar-refractivity contribution is -0.137. The van der Waals surface area contributed by atoms with E-state index in [9.17, 15) is 27.9 Å². The lowest BCUT2D eigenvalue weighted by Crippen LogP contribution is -2.32. The van der Waals surface area contributed by atoms with Crippen LogP contribution in [0.3, 0.4) is 0 Å². The molecule has 0 unspecified atom stereocenters. The van der Waals surface area contributed by atoms with Gasteiger partial charge in [0.25, 0.3) is 0 Å². The number of hydrogen-bond acceptors (Lipinski definition) is 2. The van der Waals surface area contributed by atoms with Crippen LogP contribution in [0.25, 0.3) is 0 Å². The Bertz CT molecular complexity index is 809. The molecule has 0 aliphatic carbocycles. The number of nitrogens with two attached hydrogens (primary N) is 1. The van der Waals surface area contributed by atoms with Crippen molar-refractivity contribution in [3.63, 3.8) is 0 Å². The molecule has 5 nitrogen and oxygen atoms in total. The third kappa shape index (κ3) is 3.67. The molecule has 0 aliphatic heterocycles. The highest BCUT2D eigenvalue weighted by Crippen LogP contribution is 2.35. The van der Waals surface area contributed by atoms with Gasteiger partial charge in [0.15, 0.2) is 0 Å². The normalized spacial score (nSPS) is 11.2. The molecule has 2 aromatic rings. The highest BCUT2D eigenvalue weighted by molar-refractivity contribution is 9.10. The number of hydrogen-bond donors (Lipinski definition) is 2. The van der Waals surface area contributed by atoms with Gasteiger partial charge in [-0.2, -0.15) is 13.2 Å². The van der Waals surface area contributed by atoms with Gasteiger partial charge in [0.1, 0.15) is 0 Å². The number of primary amides is 1. The van der Waals surface area contributed by atoms with Gasteiger partial charge >= 0.3 is 18.2 Å². The zero-order valence-electron chi connectivity index (χ0n) is 11.8. The van der Waals surface area contributed by atoms with Gasteiger partial charge in [-0.15, -0.1) is 0 Å². The van der Waals surface area contributed by atoms with E-state index in [0.29, 0.717) is 9.37 Å². The molecule has 126 valence electrons. The summed E-state index contributed by atoms with van der Waals surface area (Å²) in [7, 11) is 0. The SMILES string of the molecule is NC(=O)N(c1cccc(C(F)(F)F)c1)c1ccc(Br)cc1C(=O)O. The molecule has 24 heavy (non-hydrogen) atoms. The predicted octanol–water partition coefficient (Wildman–Crippen LogP) is 4.38. The number of carbonyl (C=O) groups is 2. The Balaban J connectivity index is 2.65. The van der Waals surface area contributed by atoms with Crippen molar-refractivity contribution in [2.75, 3.05) is 4.90 Å². The number of benzene rings is 2. The van der Waals surface area contributed by atoms with Crippen LogP contribution in [-0.4, -0.2) is 17.1 Å². The zero-order valence-corrected chi connectivity index (χ0v) is 13.4. The van der Waals surface area contributed by atoms with Crippen LogP contribution in [-0.2, 0) is 6.18 Å². The monoisotopic (exact) mass is 402 g/mol. The van der Waals surface area contributed by atoms with E-state index in [1.54, 1.807) is 0 Å². The van der Waals surface area contributed by atoms with E-state index in [1.165, 1.54) is 24.3 Å². The van der Waals surface area contributed by atoms with E-state index in [4.69, 9.17) is 5.73 Å². The molecule has 0 saturated heterocycles. The van der Waals surface area contributed by atoms with E-state index < -0.39 is 23.7 Å². The topological polar surface area (TPSA) is 83.6 Å². The van der Waals surface area contributed by atoms with Crippen LogP contribution in [0.5, 0.6) is 0 Å². The van der Waals surface area contributed by atoms with Crippen LogP contribution < -0.4 is 10.6 Å². The first kappa shape index (κ1) is 17.8. The van der Waals surface area contributed by atoms with Crippen LogP contribution in [0.2, 0.25) is 0 Å². The Kier molecular flexibility index (Phi) is 4.83. The molecule has 2 amide bonds. The number of urea groups is 1. The summed E-state index contributed by atoms with van der Waals surface area (Å²) in [5, 5.41) is 9.27. The summed E-state index contributed by atoms with van der Waals surface area (Å²) in [5.74, 6) is -1.36. The van der Waals surface area contributed by atoms with Gasteiger partial charge in [0.2, 0.25) is 0 Å². The van der Waals surface area contributed by atoms with Gasteiger partial charge < -0.3 is 10.8 Å². The summed E-state index contributed by atoms with van der Waals surface area (Å²) in [4.78, 5) is 23.9. The van der Waals surface area contributed by atoms with Crippen LogP contribution in [0.4, 0.5) is 29.3 Å². The maximum absolute atomic E-state index is 12.9. The molecule has 2 aromatic carbocycles. The van der Waals surface area contributed by atoms with Crippen molar-refractivity contribution >= 4 is 39.3 Å². The maximum Gasteiger partial charge on any atom is 0.416 e. The van der Waals surface area contributed by atoms with Crippen molar-refractivity contribution in [2.45, 2.75) is 6.18 Å². The lowest BCUT2D eigenvalue weighted by atomic mass is 10.1. The molecule has 2 rings (SSSR count). The summed E-state index contributed by atoms with van der Waals surface area (Å²) in [6.07, 6.45) is -4.62. The van der Waals surface area contributed by atoms with E-state index in [2.05, 4.69) is 15.9 Å². The number of aromatic carboxylic acids is 1. The fraction of sp³-hybridized carbons (Fsp3) is 0.0667. The van der Waals surface area contributed by atoms with Crippen molar-refractivity contribution in [1.82, 2.24) is 0 Å². The number of carboxylic acid groups (broad SMARTS) is 1. The number of amides is 2. The summed E-state index contributed by atoms with van der Waals surface area (Å²) in [6.45, 7) is 0. The third-order valence-corrected chi connectivity index (χ3v) is 3.58. The maximum atomic E-state index is 12.9. The van der Waals surface area contributed by atoms with Crippen LogP contribution in [0, 0.1) is 0 Å². The van der Waals surface area contributed by atoms with Gasteiger partial charge in [0.05, 0.1) is 22.5 Å². The van der Waals surface area contributed by atoms with Crippen molar-refractivity contribution in [3.8, 4) is 0 Å². The second-order valence-corrected chi connectivity index (χ2v) is 5.60. The van der Waals surface area contributed by atoms with Gasteiger partial charge in [-0.3, -0.25) is 4.90 Å². The number of halogens is 4. The van der Waals surface area contributed by atoms with E-state index in [-0.39, 0.29) is 16.9 Å². The lowest BCUT2D eigenvalue weighted by Gasteiger charge is -2.23. The first-order valence-corrected chi connectivity index (χ1v) is 7.20. The largest absolute Gasteiger partial charge is 0.478 e. The minimum Gasteiger partial charge on any atom is -0.478 e. The van der Waals surface area contributed by atoms with Crippen molar-refractivity contribution in [1.29, 1.82) is 0 Å². The first-order valence-electron chi connectivity index (χ1n) is 6.41. The quantitative estimate of drug-likeness (QED) is 0.798. The Morgan fingerprint density at radius 1 is 1.12 bits per heavy atom. The molecule has 0 aliphatic rings. The second kappa shape index (κ2) is 6.52. The fourth-order valence-corrected chi connectivity index (χ4v) is 2.44. The molecule has 0 bridgehead atoms. The predicted molar refractivity (Wildman–Crippen MR) is 84.3 cm³/mol. The first-order chi connectivity index (χ1) is 11.1. The molecule has 0 fully saturated rings. The molecule has 0 radical (unpaired) electrons. The molecule has 0 aromatic heterocycles. The molecule has 0 heterocycles. The van der Waals surface area contributed by atoms with Crippen LogP contribution >= 0.6 is 15.9 Å². The number of alkyl halides is 3. The van der Waals surface area contributed by atoms with Crippen molar-refractivity contribution in [2.24, 2.45) is 5.73 Å². The van der Waals surface area contributed by atoms with Gasteiger partial charge in [0, 0.05) is 4.47 Å². The van der Waals surface area contributed by atoms with Gasteiger partial charge in [-0.05, 0) is 36.4 Å². The number of carbonyl (C=O) groups excluding carboxylic acids is 1. The van der Waals surface area contributed by atoms with Crippen LogP contribution in [0.1, 0.15) is 15.9 Å². The number of anilines is 2. The minimum absolute atomic E-state index is 0.141. The Morgan fingerprint density at radius 2 is 1.79 bits per heavy atom. The number of nitrogens with zero attached hydrogens (tertiary/aromatic N) is 1. The zero-order chi connectivity index (χ0) is 18.1. The fourth-order valence-electron chi connectivity index (χ4n) is 2.08. The van der Waals surface area contributed by atoms with Crippen molar-refractivity contribution in [3.05, 3.63) is 58.1 Å². The molecule has 0 spiro atoms.